The fourth-order valence-electron chi connectivity index (χ4n) is 2.70. The van der Waals surface area contributed by atoms with Crippen molar-refractivity contribution in [1.82, 2.24) is 5.32 Å². The molecule has 1 saturated carbocycles. The minimum atomic E-state index is -0.299. The van der Waals surface area contributed by atoms with E-state index in [1.165, 1.54) is 0 Å². The zero-order valence-corrected chi connectivity index (χ0v) is 12.8. The summed E-state index contributed by atoms with van der Waals surface area (Å²) in [4.78, 5) is 24.3. The van der Waals surface area contributed by atoms with E-state index in [0.29, 0.717) is 35.9 Å². The fraction of sp³-hybridized carbons (Fsp3) is 0.294. The minimum absolute atomic E-state index is 0.128. The lowest BCUT2D eigenvalue weighted by Crippen LogP contribution is -2.26. The molecule has 2 N–H and O–H groups in total. The molecule has 0 bridgehead atoms. The van der Waals surface area contributed by atoms with Gasteiger partial charge in [0.25, 0.3) is 0 Å². The second-order valence-electron chi connectivity index (χ2n) is 5.80. The van der Waals surface area contributed by atoms with Crippen molar-refractivity contribution in [3.8, 4) is 11.5 Å². The van der Waals surface area contributed by atoms with Crippen LogP contribution < -0.4 is 20.1 Å². The summed E-state index contributed by atoms with van der Waals surface area (Å²) in [6.07, 6.45) is 2.11. The average Bonchev–Trinajstić information content (AvgIpc) is 2.99. The van der Waals surface area contributed by atoms with Crippen LogP contribution in [0.1, 0.15) is 12.2 Å². The monoisotopic (exact) mass is 328 g/mol. The number of hydrogen-bond donors (Lipinski definition) is 2. The van der Waals surface area contributed by atoms with Crippen LogP contribution in [0.5, 0.6) is 11.5 Å². The van der Waals surface area contributed by atoms with Crippen LogP contribution in [0.15, 0.2) is 41.0 Å². The Kier molecular flexibility index (Phi) is 3.60. The molecule has 1 aliphatic heterocycles. The van der Waals surface area contributed by atoms with E-state index in [-0.39, 0.29) is 30.4 Å². The molecule has 4 rings (SSSR count). The molecule has 0 radical (unpaired) electrons. The second kappa shape index (κ2) is 5.92. The average molecular weight is 328 g/mol. The largest absolute Gasteiger partial charge is 0.467 e. The molecule has 2 heterocycles. The number of nitrogens with one attached hydrogen (secondary N) is 2. The smallest absolute Gasteiger partial charge is 0.231 e. The first kappa shape index (κ1) is 14.6. The summed E-state index contributed by atoms with van der Waals surface area (Å²) >= 11 is 0. The molecule has 2 aliphatic rings. The normalized spacial score (nSPS) is 20.5. The predicted molar refractivity (Wildman–Crippen MR) is 83.3 cm³/mol. The summed E-state index contributed by atoms with van der Waals surface area (Å²) in [5.41, 5.74) is 0.630. The van der Waals surface area contributed by atoms with Gasteiger partial charge in [-0.25, -0.2) is 0 Å². The predicted octanol–water partition coefficient (Wildman–Crippen LogP) is 1.90. The first-order chi connectivity index (χ1) is 11.7. The zero-order chi connectivity index (χ0) is 16.5. The molecule has 1 fully saturated rings. The Morgan fingerprint density at radius 1 is 1.08 bits per heavy atom. The van der Waals surface area contributed by atoms with Gasteiger partial charge in [-0.05, 0) is 30.7 Å². The first-order valence-corrected chi connectivity index (χ1v) is 7.71. The lowest BCUT2D eigenvalue weighted by molar-refractivity contribution is -0.125. The Balaban J connectivity index is 1.29. The van der Waals surface area contributed by atoms with Gasteiger partial charge in [0.2, 0.25) is 18.6 Å². The molecule has 1 aliphatic carbocycles. The summed E-state index contributed by atoms with van der Waals surface area (Å²) in [6.45, 7) is 0.520. The van der Waals surface area contributed by atoms with Gasteiger partial charge in [0.05, 0.1) is 24.6 Å². The van der Waals surface area contributed by atoms with Crippen molar-refractivity contribution in [3.05, 3.63) is 42.4 Å². The number of furan rings is 1. The lowest BCUT2D eigenvalue weighted by atomic mass is 10.2. The van der Waals surface area contributed by atoms with Crippen LogP contribution in [0.4, 0.5) is 5.69 Å². The number of ether oxygens (including phenoxy) is 2. The molecule has 24 heavy (non-hydrogen) atoms. The summed E-state index contributed by atoms with van der Waals surface area (Å²) in [5.74, 6) is 1.08. The topological polar surface area (TPSA) is 89.8 Å². The highest BCUT2D eigenvalue weighted by Gasteiger charge is 2.48. The van der Waals surface area contributed by atoms with E-state index < -0.39 is 0 Å². The lowest BCUT2D eigenvalue weighted by Gasteiger charge is -2.06. The molecule has 0 saturated heterocycles. The quantitative estimate of drug-likeness (QED) is 0.875. The third-order valence-corrected chi connectivity index (χ3v) is 4.12. The zero-order valence-electron chi connectivity index (χ0n) is 12.8. The Bertz CT molecular complexity index is 771. The van der Waals surface area contributed by atoms with Crippen molar-refractivity contribution >= 4 is 17.5 Å². The highest BCUT2D eigenvalue weighted by molar-refractivity contribution is 5.99. The van der Waals surface area contributed by atoms with Crippen LogP contribution >= 0.6 is 0 Å². The van der Waals surface area contributed by atoms with Crippen molar-refractivity contribution in [2.24, 2.45) is 11.8 Å². The van der Waals surface area contributed by atoms with E-state index in [1.807, 2.05) is 0 Å². The van der Waals surface area contributed by atoms with E-state index >= 15 is 0 Å². The molecule has 7 nitrogen and oxygen atoms in total. The standard InChI is InChI=1S/C17H16N2O5/c20-16(18-8-11-2-1-5-22-11)12-7-13(12)17(21)19-10-3-4-14-15(6-10)24-9-23-14/h1-6,12-13H,7-9H2,(H,18,20)(H,19,21). The van der Waals surface area contributed by atoms with E-state index in [0.717, 1.165) is 0 Å². The third-order valence-electron chi connectivity index (χ3n) is 4.12. The molecule has 2 atom stereocenters. The highest BCUT2D eigenvalue weighted by Crippen LogP contribution is 2.40. The Hall–Kier alpha value is -2.96. The van der Waals surface area contributed by atoms with Gasteiger partial charge in [0.15, 0.2) is 11.5 Å². The Morgan fingerprint density at radius 2 is 1.92 bits per heavy atom. The molecule has 2 aromatic rings. The molecule has 0 spiro atoms. The van der Waals surface area contributed by atoms with Crippen molar-refractivity contribution in [3.63, 3.8) is 0 Å². The number of carbonyl (C=O) groups is 2. The maximum atomic E-state index is 12.2. The highest BCUT2D eigenvalue weighted by atomic mass is 16.7. The van der Waals surface area contributed by atoms with Gasteiger partial charge in [-0.3, -0.25) is 9.59 Å². The maximum Gasteiger partial charge on any atom is 0.231 e. The van der Waals surface area contributed by atoms with E-state index in [2.05, 4.69) is 10.6 Å². The van der Waals surface area contributed by atoms with E-state index in [4.69, 9.17) is 13.9 Å². The van der Waals surface area contributed by atoms with Gasteiger partial charge in [0.1, 0.15) is 5.76 Å². The fourth-order valence-corrected chi connectivity index (χ4v) is 2.70. The van der Waals surface area contributed by atoms with Crippen molar-refractivity contribution in [1.29, 1.82) is 0 Å². The van der Waals surface area contributed by atoms with E-state index in [9.17, 15) is 9.59 Å². The van der Waals surface area contributed by atoms with Gasteiger partial charge in [0, 0.05) is 11.8 Å². The molecule has 2 unspecified atom stereocenters. The van der Waals surface area contributed by atoms with Crippen molar-refractivity contribution in [2.45, 2.75) is 13.0 Å². The van der Waals surface area contributed by atoms with Gasteiger partial charge in [-0.1, -0.05) is 0 Å². The number of hydrogen-bond acceptors (Lipinski definition) is 5. The van der Waals surface area contributed by atoms with Crippen LogP contribution in [-0.2, 0) is 16.1 Å². The summed E-state index contributed by atoms with van der Waals surface area (Å²) in [7, 11) is 0. The maximum absolute atomic E-state index is 12.2. The third kappa shape index (κ3) is 2.92. The number of anilines is 1. The summed E-state index contributed by atoms with van der Waals surface area (Å²) in [6, 6.07) is 8.77. The van der Waals surface area contributed by atoms with Gasteiger partial charge in [-0.15, -0.1) is 0 Å². The SMILES string of the molecule is O=C(NCc1ccco1)C1CC1C(=O)Nc1ccc2c(c1)OCO2. The van der Waals surface area contributed by atoms with Crippen molar-refractivity contribution in [2.75, 3.05) is 12.1 Å². The molecular formula is C17H16N2O5. The molecule has 124 valence electrons. The summed E-state index contributed by atoms with van der Waals surface area (Å²) in [5, 5.41) is 5.60. The minimum Gasteiger partial charge on any atom is -0.467 e. The Labute approximate surface area is 137 Å². The molecule has 2 amide bonds. The first-order valence-electron chi connectivity index (χ1n) is 7.71. The number of rotatable bonds is 5. The van der Waals surface area contributed by atoms with Crippen LogP contribution in [0, 0.1) is 11.8 Å². The molecule has 1 aromatic carbocycles. The van der Waals surface area contributed by atoms with E-state index in [1.54, 1.807) is 36.6 Å². The Morgan fingerprint density at radius 3 is 2.75 bits per heavy atom. The van der Waals surface area contributed by atoms with Crippen LogP contribution in [0.3, 0.4) is 0 Å². The van der Waals surface area contributed by atoms with Crippen LogP contribution in [-0.4, -0.2) is 18.6 Å². The van der Waals surface area contributed by atoms with Crippen molar-refractivity contribution < 1.29 is 23.5 Å². The molecule has 1 aromatic heterocycles. The number of fused-ring (bicyclic) bond motifs is 1. The van der Waals surface area contributed by atoms with Gasteiger partial charge >= 0.3 is 0 Å². The number of amides is 2. The van der Waals surface area contributed by atoms with Gasteiger partial charge in [-0.2, -0.15) is 0 Å². The molecule has 7 heteroatoms. The number of carbonyl (C=O) groups excluding carboxylic acids is 2. The van der Waals surface area contributed by atoms with Gasteiger partial charge < -0.3 is 24.5 Å². The van der Waals surface area contributed by atoms with Crippen LogP contribution in [0.25, 0.3) is 0 Å². The second-order valence-corrected chi connectivity index (χ2v) is 5.80. The molecular weight excluding hydrogens is 312 g/mol. The summed E-state index contributed by atoms with van der Waals surface area (Å²) < 4.78 is 15.7. The number of benzene rings is 1. The van der Waals surface area contributed by atoms with Crippen LogP contribution in [0.2, 0.25) is 0 Å².